The summed E-state index contributed by atoms with van der Waals surface area (Å²) in [5.41, 5.74) is -0.0203. The Bertz CT molecular complexity index is 481. The Hall–Kier alpha value is -1.70. The average molecular weight is 286 g/mol. The molecule has 0 saturated heterocycles. The van der Waals surface area contributed by atoms with Crippen molar-refractivity contribution in [2.75, 3.05) is 29.7 Å². The second-order valence-electron chi connectivity index (χ2n) is 4.21. The van der Waals surface area contributed by atoms with Crippen molar-refractivity contribution < 1.29 is 9.13 Å². The Kier molecular flexibility index (Phi) is 5.68. The summed E-state index contributed by atoms with van der Waals surface area (Å²) < 4.78 is 11.0. The Morgan fingerprint density at radius 2 is 2.11 bits per heavy atom. The number of hydrogen-bond acceptors (Lipinski definition) is 6. The molecule has 2 unspecified atom stereocenters. The van der Waals surface area contributed by atoms with Gasteiger partial charge in [0, 0.05) is 35.9 Å². The molecule has 106 valence electrons. The summed E-state index contributed by atoms with van der Waals surface area (Å²) in [6.45, 7) is 1.92. The molecule has 0 aromatic carbocycles. The van der Waals surface area contributed by atoms with E-state index in [0.717, 1.165) is 0 Å². The maximum Gasteiger partial charge on any atom is 0.276 e. The first-order valence-electron chi connectivity index (χ1n) is 5.83. The summed E-state index contributed by atoms with van der Waals surface area (Å²) in [6.07, 6.45) is 2.36. The molecule has 0 amide bonds. The molecule has 8 heteroatoms. The van der Waals surface area contributed by atoms with Gasteiger partial charge in [-0.2, -0.15) is 0 Å². The third kappa shape index (κ3) is 5.21. The molecule has 0 aliphatic heterocycles. The van der Waals surface area contributed by atoms with Gasteiger partial charge in [0.1, 0.15) is 11.6 Å². The van der Waals surface area contributed by atoms with E-state index in [0.29, 0.717) is 23.8 Å². The van der Waals surface area contributed by atoms with Crippen molar-refractivity contribution in [1.29, 1.82) is 0 Å². The Morgan fingerprint density at radius 1 is 1.47 bits per heavy atom. The molecule has 2 N–H and O–H groups in total. The van der Waals surface area contributed by atoms with Gasteiger partial charge in [0.25, 0.3) is 5.69 Å². The van der Waals surface area contributed by atoms with Crippen LogP contribution in [0.25, 0.3) is 0 Å². The molecule has 2 atom stereocenters. The van der Waals surface area contributed by atoms with Crippen LogP contribution in [0.5, 0.6) is 0 Å². The summed E-state index contributed by atoms with van der Waals surface area (Å²) in [5, 5.41) is 16.7. The lowest BCUT2D eigenvalue weighted by Gasteiger charge is -2.14. The molecule has 0 spiro atoms. The van der Waals surface area contributed by atoms with Gasteiger partial charge in [-0.05, 0) is 13.3 Å². The van der Waals surface area contributed by atoms with Crippen molar-refractivity contribution in [2.24, 2.45) is 0 Å². The van der Waals surface area contributed by atoms with Crippen molar-refractivity contribution in [2.45, 2.75) is 19.4 Å². The predicted octanol–water partition coefficient (Wildman–Crippen LogP) is 1.60. The minimum absolute atomic E-state index is 0.0203. The van der Waals surface area contributed by atoms with Crippen LogP contribution in [0.4, 0.5) is 17.3 Å². The second kappa shape index (κ2) is 7.03. The standard InChI is InChI=1S/C11H18N4O3S/c1-8(4-5-19(3)18)13-11-7-9(15(16)17)6-10(12-2)14-11/h6-8H,4-5H2,1-3H3,(H2,12,13,14). The largest absolute Gasteiger partial charge is 0.373 e. The Morgan fingerprint density at radius 3 is 2.63 bits per heavy atom. The topological polar surface area (TPSA) is 97.2 Å². The minimum Gasteiger partial charge on any atom is -0.373 e. The number of nitro groups is 1. The molecule has 0 saturated carbocycles. The molecule has 7 nitrogen and oxygen atoms in total. The molecule has 19 heavy (non-hydrogen) atoms. The fraction of sp³-hybridized carbons (Fsp3) is 0.545. The molecule has 0 bridgehead atoms. The number of anilines is 2. The van der Waals surface area contributed by atoms with E-state index in [9.17, 15) is 14.3 Å². The summed E-state index contributed by atoms with van der Waals surface area (Å²) in [7, 11) is 0.809. The van der Waals surface area contributed by atoms with E-state index in [1.54, 1.807) is 13.3 Å². The number of pyridine rings is 1. The fourth-order valence-electron chi connectivity index (χ4n) is 1.49. The summed E-state index contributed by atoms with van der Waals surface area (Å²) in [4.78, 5) is 14.5. The monoisotopic (exact) mass is 286 g/mol. The van der Waals surface area contributed by atoms with Crippen molar-refractivity contribution in [3.05, 3.63) is 22.2 Å². The molecule has 1 aromatic heterocycles. The lowest BCUT2D eigenvalue weighted by atomic mass is 10.2. The van der Waals surface area contributed by atoms with E-state index in [1.807, 2.05) is 6.92 Å². The molecule has 0 aliphatic rings. The first kappa shape index (κ1) is 15.4. The van der Waals surface area contributed by atoms with E-state index in [1.165, 1.54) is 12.1 Å². The van der Waals surface area contributed by atoms with Gasteiger partial charge in [0.15, 0.2) is 0 Å². The van der Waals surface area contributed by atoms with Gasteiger partial charge in [-0.1, -0.05) is 0 Å². The van der Waals surface area contributed by atoms with Crippen molar-refractivity contribution in [3.63, 3.8) is 0 Å². The van der Waals surface area contributed by atoms with Crippen LogP contribution < -0.4 is 10.6 Å². The molecular weight excluding hydrogens is 268 g/mol. The lowest BCUT2D eigenvalue weighted by Crippen LogP contribution is -2.19. The smallest absolute Gasteiger partial charge is 0.276 e. The zero-order valence-electron chi connectivity index (χ0n) is 11.2. The minimum atomic E-state index is -0.843. The molecule has 1 aromatic rings. The van der Waals surface area contributed by atoms with Gasteiger partial charge in [0.05, 0.1) is 17.1 Å². The SMILES string of the molecule is CNc1cc([N+](=O)[O-])cc(NC(C)CCS(C)=O)n1. The van der Waals surface area contributed by atoms with Crippen LogP contribution in [0.3, 0.4) is 0 Å². The molecule has 0 radical (unpaired) electrons. The van der Waals surface area contributed by atoms with Gasteiger partial charge in [-0.25, -0.2) is 4.98 Å². The van der Waals surface area contributed by atoms with Gasteiger partial charge in [-0.3, -0.25) is 14.3 Å². The summed E-state index contributed by atoms with van der Waals surface area (Å²) >= 11 is 0. The number of hydrogen-bond donors (Lipinski definition) is 2. The maximum atomic E-state index is 11.0. The normalized spacial score (nSPS) is 13.6. The first-order chi connectivity index (χ1) is 8.92. The zero-order chi connectivity index (χ0) is 14.4. The predicted molar refractivity (Wildman–Crippen MR) is 77.1 cm³/mol. The van der Waals surface area contributed by atoms with Crippen molar-refractivity contribution in [1.82, 2.24) is 4.98 Å². The van der Waals surface area contributed by atoms with E-state index in [-0.39, 0.29) is 11.7 Å². The quantitative estimate of drug-likeness (QED) is 0.583. The van der Waals surface area contributed by atoms with Crippen LogP contribution in [0.2, 0.25) is 0 Å². The molecular formula is C11H18N4O3S. The molecule has 0 aliphatic carbocycles. The fourth-order valence-corrected chi connectivity index (χ4v) is 2.18. The van der Waals surface area contributed by atoms with E-state index in [2.05, 4.69) is 15.6 Å². The van der Waals surface area contributed by atoms with Gasteiger partial charge < -0.3 is 10.6 Å². The number of nitrogens with one attached hydrogen (secondary N) is 2. The summed E-state index contributed by atoms with van der Waals surface area (Å²) in [5.74, 6) is 1.46. The van der Waals surface area contributed by atoms with E-state index in [4.69, 9.17) is 0 Å². The van der Waals surface area contributed by atoms with Crippen LogP contribution in [0, 0.1) is 10.1 Å². The highest BCUT2D eigenvalue weighted by molar-refractivity contribution is 7.84. The van der Waals surface area contributed by atoms with Gasteiger partial charge >= 0.3 is 0 Å². The van der Waals surface area contributed by atoms with Gasteiger partial charge in [-0.15, -0.1) is 0 Å². The Labute approximate surface area is 114 Å². The third-order valence-electron chi connectivity index (χ3n) is 2.51. The zero-order valence-corrected chi connectivity index (χ0v) is 12.0. The summed E-state index contributed by atoms with van der Waals surface area (Å²) in [6, 6.07) is 2.81. The van der Waals surface area contributed by atoms with Crippen LogP contribution in [-0.4, -0.2) is 39.2 Å². The van der Waals surface area contributed by atoms with Crippen LogP contribution in [0.1, 0.15) is 13.3 Å². The highest BCUT2D eigenvalue weighted by atomic mass is 32.2. The number of aromatic nitrogens is 1. The highest BCUT2D eigenvalue weighted by Gasteiger charge is 2.12. The van der Waals surface area contributed by atoms with Crippen molar-refractivity contribution >= 4 is 28.1 Å². The van der Waals surface area contributed by atoms with Crippen LogP contribution in [-0.2, 0) is 10.8 Å². The average Bonchev–Trinajstić information content (AvgIpc) is 2.35. The second-order valence-corrected chi connectivity index (χ2v) is 5.77. The molecule has 0 fully saturated rings. The van der Waals surface area contributed by atoms with Crippen molar-refractivity contribution in [3.8, 4) is 0 Å². The van der Waals surface area contributed by atoms with E-state index < -0.39 is 15.7 Å². The van der Waals surface area contributed by atoms with Gasteiger partial charge in [0.2, 0.25) is 0 Å². The number of rotatable bonds is 7. The van der Waals surface area contributed by atoms with Crippen LogP contribution >= 0.6 is 0 Å². The third-order valence-corrected chi connectivity index (χ3v) is 3.32. The molecule has 1 rings (SSSR count). The highest BCUT2D eigenvalue weighted by Crippen LogP contribution is 2.21. The number of nitrogens with zero attached hydrogens (tertiary/aromatic N) is 2. The molecule has 1 heterocycles. The Balaban J connectivity index is 2.79. The maximum absolute atomic E-state index is 11.0. The lowest BCUT2D eigenvalue weighted by molar-refractivity contribution is -0.384. The van der Waals surface area contributed by atoms with Crippen LogP contribution in [0.15, 0.2) is 12.1 Å². The first-order valence-corrected chi connectivity index (χ1v) is 7.56. The van der Waals surface area contributed by atoms with E-state index >= 15 is 0 Å².